The van der Waals surface area contributed by atoms with Gasteiger partial charge < -0.3 is 9.47 Å². The molecular weight excluding hydrogens is 410 g/mol. The third-order valence-electron chi connectivity index (χ3n) is 4.37. The van der Waals surface area contributed by atoms with Crippen LogP contribution in [0, 0.1) is 13.8 Å². The first-order chi connectivity index (χ1) is 14.4. The average molecular weight is 432 g/mol. The zero-order chi connectivity index (χ0) is 21.7. The van der Waals surface area contributed by atoms with Crippen molar-refractivity contribution in [3.8, 4) is 11.5 Å². The molecule has 6 nitrogen and oxygen atoms in total. The van der Waals surface area contributed by atoms with Gasteiger partial charge in [-0.3, -0.25) is 0 Å². The first-order valence-electron chi connectivity index (χ1n) is 9.11. The van der Waals surface area contributed by atoms with Crippen LogP contribution in [-0.4, -0.2) is 34.5 Å². The second-order valence-corrected chi connectivity index (χ2v) is 7.30. The molecule has 1 aromatic heterocycles. The van der Waals surface area contributed by atoms with Gasteiger partial charge in [0.05, 0.1) is 13.3 Å². The van der Waals surface area contributed by atoms with E-state index < -0.39 is 12.2 Å². The maximum Gasteiger partial charge on any atom is 0.299 e. The van der Waals surface area contributed by atoms with E-state index in [4.69, 9.17) is 9.47 Å². The Morgan fingerprint density at radius 1 is 1.13 bits per heavy atom. The van der Waals surface area contributed by atoms with Crippen LogP contribution in [-0.2, 0) is 6.61 Å². The van der Waals surface area contributed by atoms with E-state index in [0.717, 1.165) is 27.1 Å². The Kier molecular flexibility index (Phi) is 7.04. The van der Waals surface area contributed by atoms with E-state index in [9.17, 15) is 8.78 Å². The molecule has 9 heteroatoms. The number of hydrogen-bond acceptors (Lipinski definition) is 6. The van der Waals surface area contributed by atoms with Crippen LogP contribution in [0.15, 0.2) is 46.7 Å². The molecular formula is C21H22F2N4O2S. The summed E-state index contributed by atoms with van der Waals surface area (Å²) in [5, 5.41) is 11.7. The molecule has 158 valence electrons. The summed E-state index contributed by atoms with van der Waals surface area (Å²) in [7, 11) is 1.58. The molecule has 0 bridgehead atoms. The monoisotopic (exact) mass is 432 g/mol. The summed E-state index contributed by atoms with van der Waals surface area (Å²) in [6, 6.07) is 11.4. The summed E-state index contributed by atoms with van der Waals surface area (Å²) in [5.41, 5.74) is 3.66. The lowest BCUT2D eigenvalue weighted by molar-refractivity contribution is 0.135. The highest BCUT2D eigenvalue weighted by Crippen LogP contribution is 2.25. The Morgan fingerprint density at radius 3 is 2.63 bits per heavy atom. The van der Waals surface area contributed by atoms with Crippen LogP contribution < -0.4 is 9.47 Å². The fraction of sp³-hybridized carbons (Fsp3) is 0.286. The van der Waals surface area contributed by atoms with Gasteiger partial charge in [0.15, 0.2) is 0 Å². The number of ether oxygens (including phenoxy) is 2. The third kappa shape index (κ3) is 4.96. The molecule has 0 aliphatic rings. The molecule has 0 aliphatic carbocycles. The lowest BCUT2D eigenvalue weighted by Gasteiger charge is -2.13. The molecule has 0 unspecified atom stereocenters. The van der Waals surface area contributed by atoms with Gasteiger partial charge in [0, 0.05) is 5.56 Å². The second-order valence-electron chi connectivity index (χ2n) is 6.53. The third-order valence-corrected chi connectivity index (χ3v) is 4.99. The summed E-state index contributed by atoms with van der Waals surface area (Å²) in [4.78, 5) is 0. The predicted octanol–water partition coefficient (Wildman–Crippen LogP) is 5.02. The maximum atomic E-state index is 13.1. The summed E-state index contributed by atoms with van der Waals surface area (Å²) >= 11 is 1.19. The van der Waals surface area contributed by atoms with E-state index in [1.807, 2.05) is 38.1 Å². The topological polar surface area (TPSA) is 61.5 Å². The second kappa shape index (κ2) is 9.71. The summed E-state index contributed by atoms with van der Waals surface area (Å²) < 4.78 is 38.8. The van der Waals surface area contributed by atoms with Crippen molar-refractivity contribution in [3.05, 3.63) is 64.5 Å². The van der Waals surface area contributed by atoms with E-state index in [-0.39, 0.29) is 5.16 Å². The van der Waals surface area contributed by atoms with E-state index in [1.54, 1.807) is 25.5 Å². The van der Waals surface area contributed by atoms with Gasteiger partial charge in [-0.2, -0.15) is 9.78 Å². The number of halogens is 2. The minimum absolute atomic E-state index is 0.286. The van der Waals surface area contributed by atoms with Crippen LogP contribution in [0.3, 0.4) is 0 Å². The van der Waals surface area contributed by atoms with Crippen LogP contribution in [0.1, 0.15) is 34.5 Å². The number of thioether (sulfide) groups is 1. The van der Waals surface area contributed by atoms with E-state index in [1.165, 1.54) is 18.0 Å². The van der Waals surface area contributed by atoms with Crippen molar-refractivity contribution in [2.75, 3.05) is 13.4 Å². The lowest BCUT2D eigenvalue weighted by Crippen LogP contribution is -2.03. The summed E-state index contributed by atoms with van der Waals surface area (Å²) in [6.07, 6.45) is 0.435. The van der Waals surface area contributed by atoms with Crippen molar-refractivity contribution in [2.24, 2.45) is 5.10 Å². The molecule has 0 radical (unpaired) electrons. The van der Waals surface area contributed by atoms with E-state index in [0.29, 0.717) is 17.9 Å². The standard InChI is InChI=1S/C21H22F2N4O2S/c1-13-5-6-14(2)18(9-13)29-12-16-10-15(7-8-17(16)28-3)11-24-27-20(19(22)23)25-26-21(27)30-4/h5-11,19H,12H2,1-4H3/b24-11+. The fourth-order valence-electron chi connectivity index (χ4n) is 2.78. The van der Waals surface area contributed by atoms with E-state index in [2.05, 4.69) is 15.3 Å². The number of aromatic nitrogens is 3. The molecule has 3 rings (SSSR count). The van der Waals surface area contributed by atoms with Crippen molar-refractivity contribution in [1.29, 1.82) is 0 Å². The van der Waals surface area contributed by atoms with Crippen molar-refractivity contribution >= 4 is 18.0 Å². The Labute approximate surface area is 177 Å². The molecule has 0 saturated heterocycles. The average Bonchev–Trinajstić information content (AvgIpc) is 3.16. The minimum atomic E-state index is -2.77. The van der Waals surface area contributed by atoms with Crippen molar-refractivity contribution < 1.29 is 18.3 Å². The maximum absolute atomic E-state index is 13.1. The van der Waals surface area contributed by atoms with Gasteiger partial charge in [0.2, 0.25) is 11.0 Å². The number of methoxy groups -OCH3 is 1. The molecule has 0 aliphatic heterocycles. The zero-order valence-electron chi connectivity index (χ0n) is 17.1. The molecule has 0 saturated carbocycles. The van der Waals surface area contributed by atoms with Crippen LogP contribution in [0.2, 0.25) is 0 Å². The van der Waals surface area contributed by atoms with Crippen LogP contribution in [0.25, 0.3) is 0 Å². The molecule has 0 fully saturated rings. The first kappa shape index (κ1) is 21.8. The number of hydrogen-bond donors (Lipinski definition) is 0. The SMILES string of the molecule is COc1ccc(/C=N/n2c(SC)nnc2C(F)F)cc1COc1cc(C)ccc1C. The zero-order valence-corrected chi connectivity index (χ0v) is 17.9. The van der Waals surface area contributed by atoms with Crippen LogP contribution in [0.5, 0.6) is 11.5 Å². The van der Waals surface area contributed by atoms with Crippen molar-refractivity contribution in [1.82, 2.24) is 14.9 Å². The molecule has 1 heterocycles. The molecule has 0 amide bonds. The summed E-state index contributed by atoms with van der Waals surface area (Å²) in [6.45, 7) is 4.28. The number of benzene rings is 2. The van der Waals surface area contributed by atoms with Crippen LogP contribution >= 0.6 is 11.8 Å². The Bertz CT molecular complexity index is 1050. The minimum Gasteiger partial charge on any atom is -0.496 e. The molecule has 0 atom stereocenters. The van der Waals surface area contributed by atoms with Crippen molar-refractivity contribution in [2.45, 2.75) is 32.0 Å². The Balaban J connectivity index is 1.85. The molecule has 30 heavy (non-hydrogen) atoms. The summed E-state index contributed by atoms with van der Waals surface area (Å²) in [5.74, 6) is 0.967. The number of alkyl halides is 2. The van der Waals surface area contributed by atoms with Gasteiger partial charge in [0.1, 0.15) is 18.1 Å². The highest BCUT2D eigenvalue weighted by atomic mass is 32.2. The fourth-order valence-corrected chi connectivity index (χ4v) is 3.22. The number of aryl methyl sites for hydroxylation is 2. The Hall–Kier alpha value is -2.94. The van der Waals surface area contributed by atoms with Gasteiger partial charge >= 0.3 is 0 Å². The number of rotatable bonds is 8. The smallest absolute Gasteiger partial charge is 0.299 e. The predicted molar refractivity (Wildman–Crippen MR) is 113 cm³/mol. The molecule has 0 N–H and O–H groups in total. The number of nitrogens with zero attached hydrogens (tertiary/aromatic N) is 4. The van der Waals surface area contributed by atoms with Gasteiger partial charge in [-0.15, -0.1) is 10.2 Å². The normalized spacial score (nSPS) is 11.4. The van der Waals surface area contributed by atoms with Gasteiger partial charge in [0.25, 0.3) is 6.43 Å². The largest absolute Gasteiger partial charge is 0.496 e. The lowest BCUT2D eigenvalue weighted by atomic mass is 10.1. The van der Waals surface area contributed by atoms with Gasteiger partial charge in [-0.05, 0) is 61.1 Å². The highest BCUT2D eigenvalue weighted by Gasteiger charge is 2.19. The van der Waals surface area contributed by atoms with E-state index >= 15 is 0 Å². The quantitative estimate of drug-likeness (QED) is 0.369. The van der Waals surface area contributed by atoms with Crippen LogP contribution in [0.4, 0.5) is 8.78 Å². The highest BCUT2D eigenvalue weighted by molar-refractivity contribution is 7.98. The molecule has 3 aromatic rings. The van der Waals surface area contributed by atoms with Gasteiger partial charge in [-0.25, -0.2) is 8.78 Å². The Morgan fingerprint density at radius 2 is 1.93 bits per heavy atom. The van der Waals surface area contributed by atoms with Crippen molar-refractivity contribution in [3.63, 3.8) is 0 Å². The molecule has 0 spiro atoms. The first-order valence-corrected chi connectivity index (χ1v) is 10.3. The van der Waals surface area contributed by atoms with Gasteiger partial charge in [-0.1, -0.05) is 23.9 Å². The molecule has 2 aromatic carbocycles.